The normalized spacial score (nSPS) is 17.2. The number of nitrogens with one attached hydrogen (secondary N) is 1. The highest BCUT2D eigenvalue weighted by Crippen LogP contribution is 2.28. The topological polar surface area (TPSA) is 147 Å². The van der Waals surface area contributed by atoms with Crippen LogP contribution in [0.25, 0.3) is 11.0 Å². The molecule has 3 unspecified atom stereocenters. The highest BCUT2D eigenvalue weighted by molar-refractivity contribution is 6.42. The molecule has 0 aliphatic heterocycles. The van der Waals surface area contributed by atoms with Crippen molar-refractivity contribution in [3.05, 3.63) is 28.0 Å². The number of rotatable bonds is 5. The molecule has 0 fully saturated rings. The summed E-state index contributed by atoms with van der Waals surface area (Å²) < 4.78 is 0. The smallest absolute Gasteiger partial charge is 0.335 e. The first-order valence-corrected chi connectivity index (χ1v) is 6.77. The number of carbonyl (C=O) groups is 1. The molecule has 10 heteroatoms. The van der Waals surface area contributed by atoms with E-state index in [1.54, 1.807) is 0 Å². The van der Waals surface area contributed by atoms with Crippen molar-refractivity contribution < 1.29 is 30.3 Å². The highest BCUT2D eigenvalue weighted by atomic mass is 35.5. The summed E-state index contributed by atoms with van der Waals surface area (Å²) in [5.41, 5.74) is 0.771. The fourth-order valence-corrected chi connectivity index (χ4v) is 2.17. The molecule has 2 rings (SSSR count). The van der Waals surface area contributed by atoms with Crippen molar-refractivity contribution in [2.75, 3.05) is 0 Å². The summed E-state index contributed by atoms with van der Waals surface area (Å²) in [4.78, 5) is 17.2. The first kappa shape index (κ1) is 16.9. The lowest BCUT2D eigenvalue weighted by atomic mass is 10.0. The Hall–Kier alpha value is -1.42. The number of nitrogens with zero attached hydrogens (tertiary/aromatic N) is 1. The van der Waals surface area contributed by atoms with Gasteiger partial charge >= 0.3 is 5.97 Å². The molecule has 1 aromatic heterocycles. The minimum atomic E-state index is -2.25. The van der Waals surface area contributed by atoms with Gasteiger partial charge in [-0.25, -0.2) is 9.78 Å². The number of H-pyrrole nitrogens is 1. The molecule has 0 bridgehead atoms. The third-order valence-electron chi connectivity index (χ3n) is 3.07. The molecular formula is C12H12Cl2N2O6. The van der Waals surface area contributed by atoms with Crippen molar-refractivity contribution in [3.8, 4) is 0 Å². The third-order valence-corrected chi connectivity index (χ3v) is 3.79. The molecule has 120 valence electrons. The molecule has 0 saturated carbocycles. The van der Waals surface area contributed by atoms with Crippen molar-refractivity contribution in [1.29, 1.82) is 0 Å². The van der Waals surface area contributed by atoms with E-state index < -0.39 is 30.4 Å². The second-order valence-corrected chi connectivity index (χ2v) is 5.43. The van der Waals surface area contributed by atoms with Gasteiger partial charge in [0.2, 0.25) is 0 Å². The number of halogens is 2. The van der Waals surface area contributed by atoms with Gasteiger partial charge in [-0.05, 0) is 12.1 Å². The minimum Gasteiger partial charge on any atom is -0.479 e. The molecule has 1 aromatic carbocycles. The van der Waals surface area contributed by atoms with Gasteiger partial charge in [0.05, 0.1) is 21.1 Å². The molecule has 0 spiro atoms. The fourth-order valence-electron chi connectivity index (χ4n) is 1.85. The van der Waals surface area contributed by atoms with Crippen molar-refractivity contribution in [1.82, 2.24) is 9.97 Å². The van der Waals surface area contributed by atoms with Crippen LogP contribution in [0.4, 0.5) is 0 Å². The van der Waals surface area contributed by atoms with Crippen molar-refractivity contribution in [2.24, 2.45) is 0 Å². The van der Waals surface area contributed by atoms with Crippen LogP contribution in [0.15, 0.2) is 12.1 Å². The van der Waals surface area contributed by atoms with Crippen LogP contribution < -0.4 is 0 Å². The van der Waals surface area contributed by atoms with E-state index in [4.69, 9.17) is 28.3 Å². The molecule has 0 radical (unpaired) electrons. The Kier molecular flexibility index (Phi) is 4.90. The van der Waals surface area contributed by atoms with Crippen LogP contribution in [-0.2, 0) is 4.79 Å². The predicted octanol–water partition coefficient (Wildman–Crippen LogP) is 0.0704. The van der Waals surface area contributed by atoms with Crippen LogP contribution in [0.1, 0.15) is 11.9 Å². The number of hydrogen-bond donors (Lipinski definition) is 6. The maximum atomic E-state index is 10.6. The third kappa shape index (κ3) is 3.17. The number of benzene rings is 1. The monoisotopic (exact) mass is 350 g/mol. The van der Waals surface area contributed by atoms with Crippen molar-refractivity contribution >= 4 is 40.2 Å². The zero-order valence-electron chi connectivity index (χ0n) is 10.8. The Balaban J connectivity index is 2.29. The maximum absolute atomic E-state index is 10.6. The first-order valence-electron chi connectivity index (χ1n) is 6.02. The predicted molar refractivity (Wildman–Crippen MR) is 76.7 cm³/mol. The molecular weight excluding hydrogens is 339 g/mol. The fraction of sp³-hybridized carbons (Fsp3) is 0.333. The standard InChI is InChI=1S/C12H12Cl2N2O6/c13-3-1-5-6(2-4(3)14)16-11(15-5)9(19)7(17)8(18)10(20)12(21)22/h1-2,7-10,17-20H,(H,15,16)(H,21,22)/t7?,8?,9-,10?/m0/s1. The van der Waals surface area contributed by atoms with Crippen LogP contribution in [0.3, 0.4) is 0 Å². The number of aliphatic carboxylic acids is 1. The van der Waals surface area contributed by atoms with Gasteiger partial charge in [-0.15, -0.1) is 0 Å². The Morgan fingerprint density at radius 1 is 1.09 bits per heavy atom. The van der Waals surface area contributed by atoms with E-state index in [0.29, 0.717) is 11.0 Å². The average Bonchev–Trinajstić information content (AvgIpc) is 2.87. The summed E-state index contributed by atoms with van der Waals surface area (Å²) in [6.07, 6.45) is -8.09. The van der Waals surface area contributed by atoms with Gasteiger partial charge in [-0.3, -0.25) is 0 Å². The van der Waals surface area contributed by atoms with Gasteiger partial charge in [0.25, 0.3) is 0 Å². The number of carboxylic acid groups (broad SMARTS) is 1. The van der Waals surface area contributed by atoms with Gasteiger partial charge in [0, 0.05) is 0 Å². The molecule has 0 amide bonds. The average molecular weight is 351 g/mol. The summed E-state index contributed by atoms with van der Waals surface area (Å²) in [6.45, 7) is 0. The molecule has 4 atom stereocenters. The lowest BCUT2D eigenvalue weighted by Gasteiger charge is -2.23. The number of aliphatic hydroxyl groups is 4. The van der Waals surface area contributed by atoms with E-state index in [9.17, 15) is 25.2 Å². The van der Waals surface area contributed by atoms with Crippen LogP contribution in [0.2, 0.25) is 10.0 Å². The second-order valence-electron chi connectivity index (χ2n) is 4.61. The summed E-state index contributed by atoms with van der Waals surface area (Å²) in [5, 5.41) is 47.5. The summed E-state index contributed by atoms with van der Waals surface area (Å²) in [7, 11) is 0. The van der Waals surface area contributed by atoms with Crippen LogP contribution in [0.5, 0.6) is 0 Å². The number of aromatic amines is 1. The zero-order chi connectivity index (χ0) is 16.6. The lowest BCUT2D eigenvalue weighted by Crippen LogP contribution is -2.45. The van der Waals surface area contributed by atoms with Gasteiger partial charge in [-0.1, -0.05) is 23.2 Å². The second kappa shape index (κ2) is 6.37. The summed E-state index contributed by atoms with van der Waals surface area (Å²) in [5.74, 6) is -1.88. The number of carboxylic acids is 1. The number of fused-ring (bicyclic) bond motifs is 1. The Morgan fingerprint density at radius 3 is 2.27 bits per heavy atom. The van der Waals surface area contributed by atoms with Gasteiger partial charge in [-0.2, -0.15) is 0 Å². The number of aromatic nitrogens is 2. The van der Waals surface area contributed by atoms with E-state index in [1.807, 2.05) is 0 Å². The molecule has 0 aliphatic rings. The largest absolute Gasteiger partial charge is 0.479 e. The molecule has 2 aromatic rings. The van der Waals surface area contributed by atoms with E-state index in [0.717, 1.165) is 0 Å². The van der Waals surface area contributed by atoms with E-state index in [1.165, 1.54) is 12.1 Å². The van der Waals surface area contributed by atoms with Crippen LogP contribution in [-0.4, -0.2) is 59.8 Å². The number of imidazole rings is 1. The van der Waals surface area contributed by atoms with E-state index in [2.05, 4.69) is 9.97 Å². The van der Waals surface area contributed by atoms with Crippen LogP contribution >= 0.6 is 23.2 Å². The van der Waals surface area contributed by atoms with E-state index in [-0.39, 0.29) is 15.9 Å². The van der Waals surface area contributed by atoms with Crippen molar-refractivity contribution in [3.63, 3.8) is 0 Å². The Bertz CT molecular complexity index is 667. The molecule has 0 aliphatic carbocycles. The first-order chi connectivity index (χ1) is 10.2. The van der Waals surface area contributed by atoms with Gasteiger partial charge in [0.1, 0.15) is 24.1 Å². The lowest BCUT2D eigenvalue weighted by molar-refractivity contribution is -0.163. The summed E-state index contributed by atoms with van der Waals surface area (Å²) in [6, 6.07) is 2.89. The Morgan fingerprint density at radius 2 is 1.68 bits per heavy atom. The molecule has 1 heterocycles. The van der Waals surface area contributed by atoms with Crippen LogP contribution in [0, 0.1) is 0 Å². The number of aliphatic hydroxyl groups excluding tert-OH is 4. The highest BCUT2D eigenvalue weighted by Gasteiger charge is 2.36. The number of hydrogen-bond acceptors (Lipinski definition) is 6. The van der Waals surface area contributed by atoms with Gasteiger partial charge in [0.15, 0.2) is 6.10 Å². The van der Waals surface area contributed by atoms with E-state index >= 15 is 0 Å². The van der Waals surface area contributed by atoms with Crippen molar-refractivity contribution in [2.45, 2.75) is 24.4 Å². The molecule has 6 N–H and O–H groups in total. The maximum Gasteiger partial charge on any atom is 0.335 e. The molecule has 8 nitrogen and oxygen atoms in total. The summed E-state index contributed by atoms with van der Waals surface area (Å²) >= 11 is 11.7. The Labute approximate surface area is 133 Å². The van der Waals surface area contributed by atoms with Gasteiger partial charge < -0.3 is 30.5 Å². The quantitative estimate of drug-likeness (QED) is 0.447. The zero-order valence-corrected chi connectivity index (χ0v) is 12.3. The molecule has 22 heavy (non-hydrogen) atoms. The molecule has 0 saturated heterocycles. The SMILES string of the molecule is O=C(O)C(O)C(O)C(O)[C@H](O)c1nc2cc(Cl)c(Cl)cc2[nH]1. The minimum absolute atomic E-state index is 0.141.